The Kier molecular flexibility index (Phi) is 8.24. The van der Waals surface area contributed by atoms with Gasteiger partial charge in [-0.15, -0.1) is 12.4 Å². The Labute approximate surface area is 133 Å². The van der Waals surface area contributed by atoms with E-state index in [1.54, 1.807) is 0 Å². The maximum atomic E-state index is 12.9. The molecule has 21 heavy (non-hydrogen) atoms. The lowest BCUT2D eigenvalue weighted by atomic mass is 10.1. The lowest BCUT2D eigenvalue weighted by Gasteiger charge is -2.21. The first-order valence-electron chi connectivity index (χ1n) is 5.86. The van der Waals surface area contributed by atoms with Gasteiger partial charge in [0.2, 0.25) is 5.91 Å². The van der Waals surface area contributed by atoms with Crippen LogP contribution in [0.25, 0.3) is 0 Å². The Balaban J connectivity index is 0.00000400. The number of likely N-dealkylation sites (N-methyl/N-ethyl adjacent to an activating group) is 1. The third-order valence-electron chi connectivity index (χ3n) is 2.73. The molecule has 1 rings (SSSR count). The summed E-state index contributed by atoms with van der Waals surface area (Å²) in [4.78, 5) is 24.3. The first-order valence-corrected chi connectivity index (χ1v) is 6.24. The van der Waals surface area contributed by atoms with Crippen molar-refractivity contribution < 1.29 is 18.7 Å². The quantitative estimate of drug-likeness (QED) is 0.830. The number of amides is 1. The fourth-order valence-electron chi connectivity index (χ4n) is 1.62. The van der Waals surface area contributed by atoms with Crippen LogP contribution in [0, 0.1) is 5.82 Å². The Morgan fingerprint density at radius 2 is 2.10 bits per heavy atom. The molecule has 0 radical (unpaired) electrons. The maximum absolute atomic E-state index is 12.9. The van der Waals surface area contributed by atoms with Gasteiger partial charge in [-0.2, -0.15) is 0 Å². The zero-order chi connectivity index (χ0) is 15.3. The molecule has 0 unspecified atom stereocenters. The van der Waals surface area contributed by atoms with Crippen molar-refractivity contribution in [3.05, 3.63) is 34.6 Å². The predicted molar refractivity (Wildman–Crippen MR) is 79.7 cm³/mol. The molecule has 0 spiro atoms. The number of hydrogen-bond acceptors (Lipinski definition) is 4. The number of hydrogen-bond donors (Lipinski definition) is 1. The van der Waals surface area contributed by atoms with Crippen LogP contribution in [0.4, 0.5) is 4.39 Å². The Hall–Kier alpha value is -1.37. The van der Waals surface area contributed by atoms with Crippen LogP contribution in [-0.2, 0) is 20.9 Å². The highest BCUT2D eigenvalue weighted by molar-refractivity contribution is 6.31. The van der Waals surface area contributed by atoms with Crippen molar-refractivity contribution in [2.75, 3.05) is 14.2 Å². The summed E-state index contributed by atoms with van der Waals surface area (Å²) in [6, 6.07) is 2.94. The van der Waals surface area contributed by atoms with Gasteiger partial charge in [0.1, 0.15) is 5.82 Å². The number of nitrogens with zero attached hydrogens (tertiary/aromatic N) is 1. The Bertz CT molecular complexity index is 514. The number of methoxy groups -OCH3 is 1. The van der Waals surface area contributed by atoms with E-state index < -0.39 is 23.7 Å². The van der Waals surface area contributed by atoms with Crippen molar-refractivity contribution >= 4 is 35.9 Å². The Morgan fingerprint density at radius 3 is 2.62 bits per heavy atom. The summed E-state index contributed by atoms with van der Waals surface area (Å²) in [5.41, 5.74) is 6.22. The Morgan fingerprint density at radius 1 is 1.48 bits per heavy atom. The van der Waals surface area contributed by atoms with Crippen molar-refractivity contribution in [3.63, 3.8) is 0 Å². The van der Waals surface area contributed by atoms with Crippen LogP contribution < -0.4 is 5.73 Å². The van der Waals surface area contributed by atoms with E-state index in [0.717, 1.165) is 0 Å². The molecule has 0 aliphatic rings. The van der Waals surface area contributed by atoms with Crippen LogP contribution in [0.3, 0.4) is 0 Å². The highest BCUT2D eigenvalue weighted by atomic mass is 35.5. The van der Waals surface area contributed by atoms with Crippen LogP contribution in [0.15, 0.2) is 18.2 Å². The van der Waals surface area contributed by atoms with E-state index in [9.17, 15) is 14.0 Å². The summed E-state index contributed by atoms with van der Waals surface area (Å²) in [7, 11) is 2.75. The number of rotatable bonds is 5. The molecule has 0 aliphatic heterocycles. The molecular weight excluding hydrogens is 322 g/mol. The van der Waals surface area contributed by atoms with Gasteiger partial charge in [-0.3, -0.25) is 9.59 Å². The summed E-state index contributed by atoms with van der Waals surface area (Å²) in [6.07, 6.45) is -0.198. The first kappa shape index (κ1) is 19.6. The number of carbonyl (C=O) groups excluding carboxylic acids is 2. The highest BCUT2D eigenvalue weighted by Gasteiger charge is 2.22. The number of carbonyl (C=O) groups is 2. The van der Waals surface area contributed by atoms with Gasteiger partial charge in [-0.25, -0.2) is 4.39 Å². The van der Waals surface area contributed by atoms with E-state index in [0.29, 0.717) is 5.56 Å². The molecule has 0 saturated heterocycles. The minimum absolute atomic E-state index is 0. The summed E-state index contributed by atoms with van der Waals surface area (Å²) in [6.45, 7) is 0.173. The molecule has 1 atom stereocenters. The summed E-state index contributed by atoms with van der Waals surface area (Å²) in [5, 5.41) is 0.228. The van der Waals surface area contributed by atoms with Gasteiger partial charge >= 0.3 is 5.97 Å². The second-order valence-electron chi connectivity index (χ2n) is 4.32. The highest BCUT2D eigenvalue weighted by Crippen LogP contribution is 2.18. The van der Waals surface area contributed by atoms with Crippen molar-refractivity contribution in [2.24, 2.45) is 5.73 Å². The second-order valence-corrected chi connectivity index (χ2v) is 4.72. The zero-order valence-electron chi connectivity index (χ0n) is 11.6. The molecule has 1 aromatic carbocycles. The molecule has 2 N–H and O–H groups in total. The molecule has 1 amide bonds. The van der Waals surface area contributed by atoms with Crippen LogP contribution in [0.5, 0.6) is 0 Å². The van der Waals surface area contributed by atoms with Gasteiger partial charge in [0.25, 0.3) is 0 Å². The van der Waals surface area contributed by atoms with Crippen molar-refractivity contribution in [1.29, 1.82) is 0 Å². The molecule has 0 aliphatic carbocycles. The molecule has 0 saturated carbocycles. The molecule has 8 heteroatoms. The van der Waals surface area contributed by atoms with E-state index in [-0.39, 0.29) is 30.4 Å². The molecular formula is C13H17Cl2FN2O3. The molecule has 118 valence electrons. The second kappa shape index (κ2) is 8.81. The lowest BCUT2D eigenvalue weighted by Crippen LogP contribution is -2.42. The van der Waals surface area contributed by atoms with Crippen molar-refractivity contribution in [3.8, 4) is 0 Å². The van der Waals surface area contributed by atoms with E-state index >= 15 is 0 Å². The molecule has 0 bridgehead atoms. The fourth-order valence-corrected chi connectivity index (χ4v) is 1.84. The third kappa shape index (κ3) is 5.87. The fraction of sp³-hybridized carbons (Fsp3) is 0.385. The van der Waals surface area contributed by atoms with E-state index in [1.807, 2.05) is 0 Å². The smallest absolute Gasteiger partial charge is 0.307 e. The number of nitrogens with two attached hydrogens (primary N) is 1. The van der Waals surface area contributed by atoms with E-state index in [1.165, 1.54) is 37.3 Å². The summed E-state index contributed by atoms with van der Waals surface area (Å²) < 4.78 is 17.4. The van der Waals surface area contributed by atoms with Gasteiger partial charge in [0.05, 0.1) is 19.6 Å². The van der Waals surface area contributed by atoms with Gasteiger partial charge in [0, 0.05) is 18.6 Å². The molecule has 5 nitrogen and oxygen atoms in total. The third-order valence-corrected chi connectivity index (χ3v) is 3.08. The molecule has 1 aromatic rings. The predicted octanol–water partition coefficient (Wildman–Crippen LogP) is 1.75. The topological polar surface area (TPSA) is 72.6 Å². The average Bonchev–Trinajstić information content (AvgIpc) is 2.40. The standard InChI is InChI=1S/C13H16ClFN2O3.ClH/c1-17(13(19)11(16)6-12(18)20-2)7-8-3-4-9(15)5-10(8)14;/h3-5,11H,6-7,16H2,1-2H3;1H/t11-;/m1./s1. The average molecular weight is 339 g/mol. The van der Waals surface area contributed by atoms with Gasteiger partial charge in [-0.05, 0) is 17.7 Å². The maximum Gasteiger partial charge on any atom is 0.307 e. The summed E-state index contributed by atoms with van der Waals surface area (Å²) in [5.74, 6) is -1.43. The summed E-state index contributed by atoms with van der Waals surface area (Å²) >= 11 is 5.88. The number of halogens is 3. The van der Waals surface area contributed by atoms with Gasteiger partial charge in [0.15, 0.2) is 0 Å². The van der Waals surface area contributed by atoms with Gasteiger partial charge < -0.3 is 15.4 Å². The van der Waals surface area contributed by atoms with Crippen LogP contribution in [-0.4, -0.2) is 37.0 Å². The van der Waals surface area contributed by atoms with E-state index in [2.05, 4.69) is 4.74 Å². The van der Waals surface area contributed by atoms with Crippen molar-refractivity contribution in [1.82, 2.24) is 4.90 Å². The van der Waals surface area contributed by atoms with Crippen LogP contribution >= 0.6 is 24.0 Å². The SMILES string of the molecule is COC(=O)C[C@@H](N)C(=O)N(C)Cc1ccc(F)cc1Cl.Cl. The largest absolute Gasteiger partial charge is 0.469 e. The number of esters is 1. The number of ether oxygens (including phenoxy) is 1. The normalized spacial score (nSPS) is 11.3. The lowest BCUT2D eigenvalue weighted by molar-refractivity contribution is -0.144. The molecule has 0 aromatic heterocycles. The molecule has 0 fully saturated rings. The number of benzene rings is 1. The van der Waals surface area contributed by atoms with E-state index in [4.69, 9.17) is 17.3 Å². The first-order chi connectivity index (χ1) is 9.35. The minimum atomic E-state index is -0.980. The van der Waals surface area contributed by atoms with Crippen LogP contribution in [0.2, 0.25) is 5.02 Å². The monoisotopic (exact) mass is 338 g/mol. The van der Waals surface area contributed by atoms with Crippen molar-refractivity contribution in [2.45, 2.75) is 19.0 Å². The zero-order valence-corrected chi connectivity index (χ0v) is 13.2. The molecule has 0 heterocycles. The van der Waals surface area contributed by atoms with Gasteiger partial charge in [-0.1, -0.05) is 17.7 Å². The van der Waals surface area contributed by atoms with Crippen LogP contribution in [0.1, 0.15) is 12.0 Å². The minimum Gasteiger partial charge on any atom is -0.469 e.